The third-order valence-corrected chi connectivity index (χ3v) is 5.61. The van der Waals surface area contributed by atoms with E-state index in [1.807, 2.05) is 26.0 Å². The fraction of sp³-hybridized carbons (Fsp3) is 0.417. The lowest BCUT2D eigenvalue weighted by Crippen LogP contribution is -2.17. The molecule has 5 nitrogen and oxygen atoms in total. The van der Waals surface area contributed by atoms with Crippen LogP contribution in [0.25, 0.3) is 0 Å². The first-order valence-electron chi connectivity index (χ1n) is 10.2. The minimum atomic E-state index is -0.0713. The number of benzene rings is 2. The van der Waals surface area contributed by atoms with Crippen molar-refractivity contribution in [2.24, 2.45) is 4.99 Å². The van der Waals surface area contributed by atoms with Gasteiger partial charge in [-0.3, -0.25) is 0 Å². The van der Waals surface area contributed by atoms with Crippen LogP contribution in [-0.2, 0) is 11.2 Å². The van der Waals surface area contributed by atoms with E-state index in [-0.39, 0.29) is 12.2 Å². The topological polar surface area (TPSA) is 57.9 Å². The molecular weight excluding hydrogens is 362 g/mol. The van der Waals surface area contributed by atoms with Crippen molar-refractivity contribution in [2.45, 2.75) is 44.9 Å². The van der Waals surface area contributed by atoms with E-state index >= 15 is 0 Å². The second-order valence-corrected chi connectivity index (χ2v) is 8.17. The van der Waals surface area contributed by atoms with E-state index in [4.69, 9.17) is 9.47 Å². The Hall–Kier alpha value is -2.84. The Balaban J connectivity index is 1.56. The minimum Gasteiger partial charge on any atom is -0.490 e. The molecule has 0 N–H and O–H groups in total. The second-order valence-electron chi connectivity index (χ2n) is 8.17. The molecule has 1 aliphatic carbocycles. The van der Waals surface area contributed by atoms with Crippen LogP contribution < -0.4 is 4.74 Å². The second kappa shape index (κ2) is 7.88. The van der Waals surface area contributed by atoms with Crippen LogP contribution in [0.15, 0.2) is 41.4 Å². The molecule has 0 spiro atoms. The Labute approximate surface area is 172 Å². The molecule has 0 aromatic heterocycles. The molecule has 0 saturated carbocycles. The summed E-state index contributed by atoms with van der Waals surface area (Å²) in [6.07, 6.45) is 2.16. The maximum Gasteiger partial charge on any atom is 0.216 e. The van der Waals surface area contributed by atoms with Crippen LogP contribution in [0.3, 0.4) is 0 Å². The van der Waals surface area contributed by atoms with Gasteiger partial charge in [-0.15, -0.1) is 0 Å². The minimum absolute atomic E-state index is 0.0172. The van der Waals surface area contributed by atoms with Crippen molar-refractivity contribution >= 4 is 5.90 Å². The summed E-state index contributed by atoms with van der Waals surface area (Å²) in [7, 11) is 4.28. The Morgan fingerprint density at radius 1 is 1.21 bits per heavy atom. The SMILES string of the molecule is CC(C)Oc1ccc(C2=NCC(c3cccc4c3CCC4N(C)C)O2)cc1C#N. The summed E-state index contributed by atoms with van der Waals surface area (Å²) < 4.78 is 12.0. The number of nitrogens with zero attached hydrogens (tertiary/aromatic N) is 3. The molecule has 0 saturated heterocycles. The molecule has 0 amide bonds. The van der Waals surface area contributed by atoms with Crippen LogP contribution in [0.5, 0.6) is 5.75 Å². The number of ether oxygens (including phenoxy) is 2. The van der Waals surface area contributed by atoms with Gasteiger partial charge < -0.3 is 14.4 Å². The van der Waals surface area contributed by atoms with Crippen LogP contribution in [0.1, 0.15) is 60.2 Å². The zero-order valence-electron chi connectivity index (χ0n) is 17.5. The van der Waals surface area contributed by atoms with Crippen molar-refractivity contribution in [3.8, 4) is 11.8 Å². The Morgan fingerprint density at radius 3 is 2.72 bits per heavy atom. The third kappa shape index (κ3) is 3.73. The lowest BCUT2D eigenvalue weighted by Gasteiger charge is -2.21. The van der Waals surface area contributed by atoms with Gasteiger partial charge in [0.2, 0.25) is 5.90 Å². The lowest BCUT2D eigenvalue weighted by molar-refractivity contribution is 0.229. The zero-order chi connectivity index (χ0) is 20.5. The number of nitriles is 1. The average Bonchev–Trinajstić information content (AvgIpc) is 3.35. The van der Waals surface area contributed by atoms with Gasteiger partial charge in [0.1, 0.15) is 17.9 Å². The predicted octanol–water partition coefficient (Wildman–Crippen LogP) is 4.41. The van der Waals surface area contributed by atoms with E-state index in [2.05, 4.69) is 48.3 Å². The van der Waals surface area contributed by atoms with Crippen LogP contribution in [0, 0.1) is 11.3 Å². The van der Waals surface area contributed by atoms with E-state index in [0.717, 1.165) is 18.4 Å². The molecule has 29 heavy (non-hydrogen) atoms. The standard InChI is InChI=1S/C24H27N3O2/c1-15(2)28-22-11-8-16(12-17(22)13-25)24-26-14-23(29-24)20-7-5-6-19-18(20)9-10-21(19)27(3)4/h5-8,11-12,15,21,23H,9-10,14H2,1-4H3. The van der Waals surface area contributed by atoms with Crippen molar-refractivity contribution in [1.82, 2.24) is 4.90 Å². The molecule has 2 atom stereocenters. The molecule has 1 aliphatic heterocycles. The molecule has 2 aromatic rings. The molecule has 5 heteroatoms. The summed E-state index contributed by atoms with van der Waals surface area (Å²) in [4.78, 5) is 6.93. The molecule has 150 valence electrons. The quantitative estimate of drug-likeness (QED) is 0.760. The maximum atomic E-state index is 9.49. The van der Waals surface area contributed by atoms with Crippen LogP contribution in [0.2, 0.25) is 0 Å². The summed E-state index contributed by atoms with van der Waals surface area (Å²) >= 11 is 0. The Bertz CT molecular complexity index is 988. The monoisotopic (exact) mass is 389 g/mol. The molecule has 0 radical (unpaired) electrons. The summed E-state index contributed by atoms with van der Waals surface area (Å²) in [5.41, 5.74) is 5.38. The van der Waals surface area contributed by atoms with Crippen molar-refractivity contribution in [3.63, 3.8) is 0 Å². The van der Waals surface area contributed by atoms with Crippen LogP contribution in [-0.4, -0.2) is 37.5 Å². The van der Waals surface area contributed by atoms with Crippen molar-refractivity contribution in [3.05, 3.63) is 64.2 Å². The summed E-state index contributed by atoms with van der Waals surface area (Å²) in [6.45, 7) is 4.50. The van der Waals surface area contributed by atoms with Crippen LogP contribution in [0.4, 0.5) is 0 Å². The van der Waals surface area contributed by atoms with Crippen molar-refractivity contribution in [2.75, 3.05) is 20.6 Å². The van der Waals surface area contributed by atoms with E-state index in [1.54, 1.807) is 6.07 Å². The van der Waals surface area contributed by atoms with E-state index in [0.29, 0.717) is 29.8 Å². The number of hydrogen-bond acceptors (Lipinski definition) is 5. The Morgan fingerprint density at radius 2 is 2.00 bits per heavy atom. The number of rotatable bonds is 5. The summed E-state index contributed by atoms with van der Waals surface area (Å²) in [6, 6.07) is 14.8. The fourth-order valence-corrected chi connectivity index (χ4v) is 4.30. The highest BCUT2D eigenvalue weighted by atomic mass is 16.5. The van der Waals surface area contributed by atoms with E-state index < -0.39 is 0 Å². The highest BCUT2D eigenvalue weighted by molar-refractivity contribution is 5.95. The number of hydrogen-bond donors (Lipinski definition) is 0. The molecule has 4 rings (SSSR count). The summed E-state index contributed by atoms with van der Waals surface area (Å²) in [5, 5.41) is 9.49. The third-order valence-electron chi connectivity index (χ3n) is 5.61. The average molecular weight is 389 g/mol. The highest BCUT2D eigenvalue weighted by Crippen LogP contribution is 2.40. The molecular formula is C24H27N3O2. The van der Waals surface area contributed by atoms with Gasteiger partial charge in [0, 0.05) is 11.6 Å². The first-order valence-corrected chi connectivity index (χ1v) is 10.2. The van der Waals surface area contributed by atoms with Crippen molar-refractivity contribution < 1.29 is 9.47 Å². The van der Waals surface area contributed by atoms with E-state index in [9.17, 15) is 5.26 Å². The smallest absolute Gasteiger partial charge is 0.216 e. The van der Waals surface area contributed by atoms with Gasteiger partial charge in [-0.2, -0.15) is 5.26 Å². The largest absolute Gasteiger partial charge is 0.490 e. The lowest BCUT2D eigenvalue weighted by atomic mass is 9.98. The summed E-state index contributed by atoms with van der Waals surface area (Å²) in [5.74, 6) is 1.19. The zero-order valence-corrected chi connectivity index (χ0v) is 17.5. The van der Waals surface area contributed by atoms with Gasteiger partial charge in [-0.1, -0.05) is 18.2 Å². The van der Waals surface area contributed by atoms with Gasteiger partial charge in [-0.05, 0) is 75.7 Å². The fourth-order valence-electron chi connectivity index (χ4n) is 4.30. The number of aliphatic imine (C=N–C) groups is 1. The molecule has 2 aromatic carbocycles. The normalized spacial score (nSPS) is 20.4. The highest BCUT2D eigenvalue weighted by Gasteiger charge is 2.31. The molecule has 0 bridgehead atoms. The van der Waals surface area contributed by atoms with Crippen molar-refractivity contribution in [1.29, 1.82) is 5.26 Å². The number of fused-ring (bicyclic) bond motifs is 1. The van der Waals surface area contributed by atoms with Gasteiger partial charge in [0.05, 0.1) is 18.2 Å². The molecule has 2 unspecified atom stereocenters. The molecule has 1 heterocycles. The Kier molecular flexibility index (Phi) is 5.29. The van der Waals surface area contributed by atoms with Crippen LogP contribution >= 0.6 is 0 Å². The predicted molar refractivity (Wildman–Crippen MR) is 113 cm³/mol. The first-order chi connectivity index (χ1) is 14.0. The first kappa shape index (κ1) is 19.5. The molecule has 0 fully saturated rings. The molecule has 2 aliphatic rings. The maximum absolute atomic E-state index is 9.49. The van der Waals surface area contributed by atoms with Gasteiger partial charge in [-0.25, -0.2) is 4.99 Å². The van der Waals surface area contributed by atoms with Gasteiger partial charge in [0.15, 0.2) is 0 Å². The van der Waals surface area contributed by atoms with Gasteiger partial charge >= 0.3 is 0 Å². The van der Waals surface area contributed by atoms with Gasteiger partial charge in [0.25, 0.3) is 0 Å². The van der Waals surface area contributed by atoms with E-state index in [1.165, 1.54) is 16.7 Å².